The van der Waals surface area contributed by atoms with Crippen LogP contribution in [0.3, 0.4) is 0 Å². The second-order valence-electron chi connectivity index (χ2n) is 7.74. The summed E-state index contributed by atoms with van der Waals surface area (Å²) in [4.78, 5) is 22.5. The van der Waals surface area contributed by atoms with Crippen molar-refractivity contribution in [2.24, 2.45) is 0 Å². The summed E-state index contributed by atoms with van der Waals surface area (Å²) >= 11 is 0. The molecule has 3 heterocycles. The lowest BCUT2D eigenvalue weighted by Crippen LogP contribution is -2.36. The zero-order valence-corrected chi connectivity index (χ0v) is 16.8. The first-order valence-corrected chi connectivity index (χ1v) is 10.4. The van der Waals surface area contributed by atoms with Crippen molar-refractivity contribution in [3.63, 3.8) is 0 Å². The van der Waals surface area contributed by atoms with Gasteiger partial charge < -0.3 is 15.2 Å². The van der Waals surface area contributed by atoms with Crippen molar-refractivity contribution in [2.45, 2.75) is 19.4 Å². The van der Waals surface area contributed by atoms with Crippen molar-refractivity contribution < 1.29 is 4.79 Å². The molecule has 30 heavy (non-hydrogen) atoms. The largest absolute Gasteiger partial charge is 0.383 e. The zero-order valence-electron chi connectivity index (χ0n) is 16.8. The number of carbonyl (C=O) groups is 1. The molecule has 2 N–H and O–H groups in total. The molecule has 0 saturated carbocycles. The van der Waals surface area contributed by atoms with Crippen LogP contribution in [-0.2, 0) is 19.4 Å². The van der Waals surface area contributed by atoms with E-state index < -0.39 is 0 Å². The van der Waals surface area contributed by atoms with Gasteiger partial charge in [0.25, 0.3) is 5.91 Å². The van der Waals surface area contributed by atoms with E-state index in [1.807, 2.05) is 23.1 Å². The van der Waals surface area contributed by atoms with Gasteiger partial charge in [0, 0.05) is 49.1 Å². The topological polar surface area (TPSA) is 61.0 Å². The van der Waals surface area contributed by atoms with Crippen molar-refractivity contribution in [1.29, 1.82) is 0 Å². The Morgan fingerprint density at radius 2 is 1.90 bits per heavy atom. The van der Waals surface area contributed by atoms with Gasteiger partial charge in [-0.1, -0.05) is 42.5 Å². The Kier molecular flexibility index (Phi) is 4.93. The van der Waals surface area contributed by atoms with Crippen LogP contribution >= 0.6 is 0 Å². The molecule has 1 aliphatic rings. The second kappa shape index (κ2) is 8.03. The number of hydrogen-bond donors (Lipinski definition) is 2. The molecule has 0 atom stereocenters. The van der Waals surface area contributed by atoms with E-state index >= 15 is 0 Å². The van der Waals surface area contributed by atoms with E-state index in [0.29, 0.717) is 12.1 Å². The number of nitrogens with zero attached hydrogens (tertiary/aromatic N) is 2. The van der Waals surface area contributed by atoms with Crippen LogP contribution in [0.2, 0.25) is 0 Å². The van der Waals surface area contributed by atoms with Gasteiger partial charge in [-0.3, -0.25) is 9.78 Å². The lowest BCUT2D eigenvalue weighted by molar-refractivity contribution is 0.0734. The Hall–Kier alpha value is -3.60. The Morgan fingerprint density at radius 1 is 1.07 bits per heavy atom. The van der Waals surface area contributed by atoms with Gasteiger partial charge in [-0.15, -0.1) is 0 Å². The highest BCUT2D eigenvalue weighted by Gasteiger charge is 2.21. The summed E-state index contributed by atoms with van der Waals surface area (Å²) in [7, 11) is 0. The molecule has 150 valence electrons. The van der Waals surface area contributed by atoms with E-state index in [9.17, 15) is 4.79 Å². The lowest BCUT2D eigenvalue weighted by atomic mass is 9.99. The molecule has 5 heteroatoms. The fourth-order valence-corrected chi connectivity index (χ4v) is 4.19. The Bertz CT molecular complexity index is 1200. The van der Waals surface area contributed by atoms with E-state index in [1.165, 1.54) is 22.1 Å². The number of nitrogens with one attached hydrogen (secondary N) is 2. The normalized spacial score (nSPS) is 13.3. The van der Waals surface area contributed by atoms with Gasteiger partial charge in [0.05, 0.1) is 11.3 Å². The molecule has 1 amide bonds. The third-order valence-electron chi connectivity index (χ3n) is 5.80. The lowest BCUT2D eigenvalue weighted by Gasteiger charge is -2.29. The van der Waals surface area contributed by atoms with Crippen molar-refractivity contribution >= 4 is 22.5 Å². The maximum atomic E-state index is 13.0. The van der Waals surface area contributed by atoms with Gasteiger partial charge in [-0.25, -0.2) is 0 Å². The number of para-hydroxylation sites is 1. The molecular formula is C25H24N4O. The smallest absolute Gasteiger partial charge is 0.255 e. The first-order chi connectivity index (χ1) is 14.8. The standard InChI is InChI=1S/C25H24N4O/c30-25(29-12-10-18-5-1-2-6-20(18)17-29)21-13-22(16-26-14-21)27-11-9-19-15-28-24-8-4-3-7-23(19)24/h1-8,13-16,27-28H,9-12,17H2. The molecule has 0 unspecified atom stereocenters. The number of fused-ring (bicyclic) bond motifs is 2. The molecule has 0 saturated heterocycles. The molecule has 0 fully saturated rings. The summed E-state index contributed by atoms with van der Waals surface area (Å²) in [6.45, 7) is 2.18. The molecule has 5 rings (SSSR count). The highest BCUT2D eigenvalue weighted by molar-refractivity contribution is 5.95. The number of aromatic amines is 1. The maximum absolute atomic E-state index is 13.0. The number of hydrogen-bond acceptors (Lipinski definition) is 3. The number of H-pyrrole nitrogens is 1. The SMILES string of the molecule is O=C(c1cncc(NCCc2c[nH]c3ccccc23)c1)N1CCc2ccccc2C1. The van der Waals surface area contributed by atoms with Crippen molar-refractivity contribution in [1.82, 2.24) is 14.9 Å². The van der Waals surface area contributed by atoms with Crippen LogP contribution in [-0.4, -0.2) is 33.9 Å². The quantitative estimate of drug-likeness (QED) is 0.525. The maximum Gasteiger partial charge on any atom is 0.255 e. The van der Waals surface area contributed by atoms with Crippen molar-refractivity contribution in [3.05, 3.63) is 95.4 Å². The Morgan fingerprint density at radius 3 is 2.83 bits per heavy atom. The molecule has 0 bridgehead atoms. The van der Waals surface area contributed by atoms with Crippen LogP contribution in [0.4, 0.5) is 5.69 Å². The van der Waals surface area contributed by atoms with E-state index in [1.54, 1.807) is 12.4 Å². The summed E-state index contributed by atoms with van der Waals surface area (Å²) in [5.41, 5.74) is 6.52. The second-order valence-corrected chi connectivity index (χ2v) is 7.74. The molecule has 2 aromatic carbocycles. The van der Waals surface area contributed by atoms with E-state index in [-0.39, 0.29) is 5.91 Å². The van der Waals surface area contributed by atoms with Crippen LogP contribution in [0.15, 0.2) is 73.2 Å². The minimum atomic E-state index is 0.0391. The third kappa shape index (κ3) is 3.66. The van der Waals surface area contributed by atoms with Gasteiger partial charge in [-0.05, 0) is 41.7 Å². The Labute approximate surface area is 175 Å². The fourth-order valence-electron chi connectivity index (χ4n) is 4.19. The number of pyridine rings is 1. The van der Waals surface area contributed by atoms with Gasteiger partial charge >= 0.3 is 0 Å². The predicted octanol–water partition coefficient (Wildman–Crippen LogP) is 4.42. The van der Waals surface area contributed by atoms with Gasteiger partial charge in [0.2, 0.25) is 0 Å². The van der Waals surface area contributed by atoms with Crippen LogP contribution < -0.4 is 5.32 Å². The molecular weight excluding hydrogens is 372 g/mol. The van der Waals surface area contributed by atoms with Gasteiger partial charge in [-0.2, -0.15) is 0 Å². The number of aromatic nitrogens is 2. The number of carbonyl (C=O) groups excluding carboxylic acids is 1. The molecule has 0 aliphatic carbocycles. The highest BCUT2D eigenvalue weighted by atomic mass is 16.2. The minimum absolute atomic E-state index is 0.0391. The Balaban J connectivity index is 1.24. The highest BCUT2D eigenvalue weighted by Crippen LogP contribution is 2.21. The zero-order chi connectivity index (χ0) is 20.3. The number of benzene rings is 2. The summed E-state index contributed by atoms with van der Waals surface area (Å²) < 4.78 is 0. The third-order valence-corrected chi connectivity index (χ3v) is 5.80. The van der Waals surface area contributed by atoms with E-state index in [4.69, 9.17) is 0 Å². The van der Waals surface area contributed by atoms with Gasteiger partial charge in [0.1, 0.15) is 0 Å². The van der Waals surface area contributed by atoms with Crippen molar-refractivity contribution in [3.8, 4) is 0 Å². The molecule has 0 radical (unpaired) electrons. The van der Waals surface area contributed by atoms with Crippen LogP contribution in [0.25, 0.3) is 10.9 Å². The molecule has 1 aliphatic heterocycles. The summed E-state index contributed by atoms with van der Waals surface area (Å²) in [5.74, 6) is 0.0391. The predicted molar refractivity (Wildman–Crippen MR) is 120 cm³/mol. The van der Waals surface area contributed by atoms with E-state index in [0.717, 1.165) is 37.1 Å². The summed E-state index contributed by atoms with van der Waals surface area (Å²) in [6, 6.07) is 18.6. The van der Waals surface area contributed by atoms with E-state index in [2.05, 4.69) is 57.9 Å². The van der Waals surface area contributed by atoms with Crippen molar-refractivity contribution in [2.75, 3.05) is 18.4 Å². The average Bonchev–Trinajstić information content (AvgIpc) is 3.22. The molecule has 0 spiro atoms. The summed E-state index contributed by atoms with van der Waals surface area (Å²) in [5, 5.41) is 4.67. The molecule has 2 aromatic heterocycles. The van der Waals surface area contributed by atoms with Crippen LogP contribution in [0, 0.1) is 0 Å². The number of anilines is 1. The number of amides is 1. The first kappa shape index (κ1) is 18.4. The van der Waals surface area contributed by atoms with Crippen LogP contribution in [0.1, 0.15) is 27.0 Å². The summed E-state index contributed by atoms with van der Waals surface area (Å²) in [6.07, 6.45) is 7.30. The van der Waals surface area contributed by atoms with Gasteiger partial charge in [0.15, 0.2) is 0 Å². The average molecular weight is 396 g/mol. The molecule has 5 nitrogen and oxygen atoms in total. The monoisotopic (exact) mass is 396 g/mol. The fraction of sp³-hybridized carbons (Fsp3) is 0.200. The minimum Gasteiger partial charge on any atom is -0.383 e. The number of rotatable bonds is 5. The first-order valence-electron chi connectivity index (χ1n) is 10.4. The van der Waals surface area contributed by atoms with Crippen LogP contribution in [0.5, 0.6) is 0 Å². The molecule has 4 aromatic rings.